The number of carbonyl (C=O) groups is 4. The fraction of sp³-hybridized carbons (Fsp3) is 0.0769. The number of nitrogens with zero attached hydrogens (tertiary/aromatic N) is 1. The molecule has 2 aliphatic heterocycles. The zero-order valence-electron chi connectivity index (χ0n) is 19.1. The van der Waals surface area contributed by atoms with Crippen molar-refractivity contribution in [2.24, 2.45) is 0 Å². The van der Waals surface area contributed by atoms with Gasteiger partial charge in [0.25, 0.3) is 22.3 Å². The lowest BCUT2D eigenvalue weighted by atomic mass is 10.0. The molecule has 2 aliphatic rings. The van der Waals surface area contributed by atoms with Crippen molar-refractivity contribution >= 4 is 58.0 Å². The van der Waals surface area contributed by atoms with Gasteiger partial charge in [-0.25, -0.2) is 0 Å². The Balaban J connectivity index is 1.42. The van der Waals surface area contributed by atoms with Crippen molar-refractivity contribution in [3.05, 3.63) is 80.9 Å². The number of thioether (sulfide) groups is 2. The predicted molar refractivity (Wildman–Crippen MR) is 141 cm³/mol. The molecule has 0 saturated carbocycles. The number of nitrogens with one attached hydrogen (secondary N) is 2. The summed E-state index contributed by atoms with van der Waals surface area (Å²) in [6.45, 7) is 3.84. The lowest BCUT2D eigenvalue weighted by Gasteiger charge is -2.13. The number of hydrogen-bond donors (Lipinski definition) is 3. The van der Waals surface area contributed by atoms with Crippen molar-refractivity contribution in [3.63, 3.8) is 0 Å². The van der Waals surface area contributed by atoms with Gasteiger partial charge in [-0.3, -0.25) is 29.8 Å². The van der Waals surface area contributed by atoms with E-state index in [0.29, 0.717) is 15.4 Å². The second-order valence-electron chi connectivity index (χ2n) is 8.19. The second kappa shape index (κ2) is 9.21. The summed E-state index contributed by atoms with van der Waals surface area (Å²) >= 11 is 1.74. The maximum atomic E-state index is 11.9. The molecular formula is C26H19N3O5S2. The van der Waals surface area contributed by atoms with E-state index in [1.165, 1.54) is 0 Å². The summed E-state index contributed by atoms with van der Waals surface area (Å²) < 4.78 is 1.97. The third-order valence-electron chi connectivity index (χ3n) is 5.80. The number of aryl methyl sites for hydroxylation is 1. The Morgan fingerprint density at radius 1 is 0.806 bits per heavy atom. The summed E-state index contributed by atoms with van der Waals surface area (Å²) in [5.74, 6) is -0.715. The standard InChI is InChI=1S/C26H19N3O5S2/c1-13-9-17(11-22-24(32)28-26(34)36-22)14(2)29(13)18-7-8-19(20(30)12-18)16-5-3-15(4-6-16)10-21-23(31)27-25(33)35-21/h3-12,30H,1-2H3,(H,27,31,33)(H,28,32,34)/b21-10-,22-11-. The van der Waals surface area contributed by atoms with E-state index in [9.17, 15) is 24.3 Å². The zero-order chi connectivity index (χ0) is 25.6. The molecule has 36 heavy (non-hydrogen) atoms. The Hall–Kier alpha value is -4.02. The molecule has 180 valence electrons. The molecule has 0 radical (unpaired) electrons. The fourth-order valence-corrected chi connectivity index (χ4v) is 5.48. The molecule has 0 atom stereocenters. The van der Waals surface area contributed by atoms with E-state index in [4.69, 9.17) is 0 Å². The van der Waals surface area contributed by atoms with Crippen molar-refractivity contribution < 1.29 is 24.3 Å². The van der Waals surface area contributed by atoms with Gasteiger partial charge in [0.1, 0.15) is 5.75 Å². The molecule has 3 N–H and O–H groups in total. The molecule has 3 aromatic rings. The van der Waals surface area contributed by atoms with Crippen LogP contribution in [-0.4, -0.2) is 32.0 Å². The van der Waals surface area contributed by atoms with Crippen LogP contribution < -0.4 is 10.6 Å². The van der Waals surface area contributed by atoms with Gasteiger partial charge in [-0.15, -0.1) is 0 Å². The van der Waals surface area contributed by atoms with Crippen LogP contribution in [-0.2, 0) is 9.59 Å². The van der Waals surface area contributed by atoms with Gasteiger partial charge in [-0.05, 0) is 84.4 Å². The summed E-state index contributed by atoms with van der Waals surface area (Å²) in [5, 5.41) is 14.5. The van der Waals surface area contributed by atoms with E-state index in [-0.39, 0.29) is 16.2 Å². The van der Waals surface area contributed by atoms with Gasteiger partial charge in [0.05, 0.1) is 9.81 Å². The lowest BCUT2D eigenvalue weighted by Crippen LogP contribution is -2.17. The molecular weight excluding hydrogens is 498 g/mol. The number of carbonyl (C=O) groups excluding carboxylic acids is 4. The highest BCUT2D eigenvalue weighted by Gasteiger charge is 2.26. The van der Waals surface area contributed by atoms with E-state index >= 15 is 0 Å². The van der Waals surface area contributed by atoms with E-state index in [1.807, 2.05) is 60.9 Å². The molecule has 10 heteroatoms. The normalized spacial score (nSPS) is 17.8. The first-order chi connectivity index (χ1) is 17.2. The molecule has 3 heterocycles. The van der Waals surface area contributed by atoms with Crippen molar-refractivity contribution in [2.75, 3.05) is 0 Å². The first-order valence-electron chi connectivity index (χ1n) is 10.8. The van der Waals surface area contributed by atoms with E-state index in [2.05, 4.69) is 10.6 Å². The van der Waals surface area contributed by atoms with Gasteiger partial charge in [0.15, 0.2) is 0 Å². The number of imide groups is 2. The zero-order valence-corrected chi connectivity index (χ0v) is 20.8. The van der Waals surface area contributed by atoms with Crippen LogP contribution in [0, 0.1) is 13.8 Å². The van der Waals surface area contributed by atoms with Gasteiger partial charge in [0.2, 0.25) is 0 Å². The number of amides is 4. The molecule has 2 fully saturated rings. The lowest BCUT2D eigenvalue weighted by molar-refractivity contribution is -0.116. The first kappa shape index (κ1) is 23.7. The summed E-state index contributed by atoms with van der Waals surface area (Å²) in [6.07, 6.45) is 3.34. The third-order valence-corrected chi connectivity index (χ3v) is 7.42. The van der Waals surface area contributed by atoms with Gasteiger partial charge < -0.3 is 9.67 Å². The quantitative estimate of drug-likeness (QED) is 0.412. The van der Waals surface area contributed by atoms with Crippen molar-refractivity contribution in [1.82, 2.24) is 15.2 Å². The van der Waals surface area contributed by atoms with Crippen LogP contribution in [0.2, 0.25) is 0 Å². The largest absolute Gasteiger partial charge is 0.507 e. The molecule has 8 nitrogen and oxygen atoms in total. The summed E-state index contributed by atoms with van der Waals surface area (Å²) in [7, 11) is 0. The number of hydrogen-bond acceptors (Lipinski definition) is 7. The summed E-state index contributed by atoms with van der Waals surface area (Å²) in [4.78, 5) is 47.1. The predicted octanol–water partition coefficient (Wildman–Crippen LogP) is 5.11. The summed E-state index contributed by atoms with van der Waals surface area (Å²) in [5.41, 5.74) is 5.54. The van der Waals surface area contributed by atoms with Gasteiger partial charge in [0, 0.05) is 28.7 Å². The Kier molecular flexibility index (Phi) is 6.07. The number of aromatic nitrogens is 1. The molecule has 0 spiro atoms. The summed E-state index contributed by atoms with van der Waals surface area (Å²) in [6, 6.07) is 14.6. The Bertz CT molecular complexity index is 1530. The number of rotatable bonds is 4. The number of aromatic hydroxyl groups is 1. The third kappa shape index (κ3) is 4.48. The minimum atomic E-state index is -0.406. The van der Waals surface area contributed by atoms with E-state index < -0.39 is 11.8 Å². The molecule has 0 bridgehead atoms. The minimum Gasteiger partial charge on any atom is -0.507 e. The van der Waals surface area contributed by atoms with Crippen molar-refractivity contribution in [2.45, 2.75) is 13.8 Å². The Morgan fingerprint density at radius 3 is 1.97 bits per heavy atom. The Labute approximate surface area is 214 Å². The van der Waals surface area contributed by atoms with Crippen LogP contribution in [0.3, 0.4) is 0 Å². The Morgan fingerprint density at radius 2 is 1.42 bits per heavy atom. The average Bonchev–Trinajstić information content (AvgIpc) is 3.42. The SMILES string of the molecule is Cc1cc(/C=C2\SC(=O)NC2=O)c(C)n1-c1ccc(-c2ccc(/C=C3\SC(=O)NC3=O)cc2)c(O)c1. The number of benzene rings is 2. The first-order valence-corrected chi connectivity index (χ1v) is 12.5. The molecule has 5 rings (SSSR count). The van der Waals surface area contributed by atoms with Gasteiger partial charge in [-0.2, -0.15) is 0 Å². The van der Waals surface area contributed by atoms with Crippen LogP contribution in [0.5, 0.6) is 5.75 Å². The molecule has 0 unspecified atom stereocenters. The van der Waals surface area contributed by atoms with E-state index in [1.54, 1.807) is 18.2 Å². The number of phenols is 1. The second-order valence-corrected chi connectivity index (χ2v) is 10.2. The minimum absolute atomic E-state index is 0.0960. The maximum absolute atomic E-state index is 11.9. The van der Waals surface area contributed by atoms with Crippen LogP contribution in [0.1, 0.15) is 22.5 Å². The van der Waals surface area contributed by atoms with Gasteiger partial charge in [-0.1, -0.05) is 24.3 Å². The molecule has 0 aliphatic carbocycles. The van der Waals surface area contributed by atoms with Crippen molar-refractivity contribution in [3.8, 4) is 22.6 Å². The molecule has 2 saturated heterocycles. The van der Waals surface area contributed by atoms with Crippen LogP contribution in [0.25, 0.3) is 29.0 Å². The number of phenolic OH excluding ortho intramolecular Hbond substituents is 1. The highest BCUT2D eigenvalue weighted by atomic mass is 32.2. The van der Waals surface area contributed by atoms with Crippen LogP contribution in [0.4, 0.5) is 9.59 Å². The monoisotopic (exact) mass is 517 g/mol. The molecule has 4 amide bonds. The van der Waals surface area contributed by atoms with Gasteiger partial charge >= 0.3 is 0 Å². The van der Waals surface area contributed by atoms with Crippen LogP contribution >= 0.6 is 23.5 Å². The maximum Gasteiger partial charge on any atom is 0.290 e. The average molecular weight is 518 g/mol. The van der Waals surface area contributed by atoms with Crippen molar-refractivity contribution in [1.29, 1.82) is 0 Å². The van der Waals surface area contributed by atoms with Crippen LogP contribution in [0.15, 0.2) is 58.3 Å². The fourth-order valence-electron chi connectivity index (χ4n) is 4.13. The highest BCUT2D eigenvalue weighted by molar-refractivity contribution is 8.18. The highest BCUT2D eigenvalue weighted by Crippen LogP contribution is 2.34. The molecule has 1 aromatic heterocycles. The topological polar surface area (TPSA) is 118 Å². The smallest absolute Gasteiger partial charge is 0.290 e. The van der Waals surface area contributed by atoms with E-state index in [0.717, 1.165) is 57.3 Å². The molecule has 2 aromatic carbocycles.